The van der Waals surface area contributed by atoms with Gasteiger partial charge in [-0.1, -0.05) is 41.6 Å². The summed E-state index contributed by atoms with van der Waals surface area (Å²) in [6.45, 7) is 3.50. The Bertz CT molecular complexity index is 1180. The quantitative estimate of drug-likeness (QED) is 0.337. The third-order valence-corrected chi connectivity index (χ3v) is 5.80. The molecule has 178 valence electrons. The van der Waals surface area contributed by atoms with E-state index in [0.29, 0.717) is 27.4 Å². The van der Waals surface area contributed by atoms with E-state index >= 15 is 0 Å². The zero-order valence-electron chi connectivity index (χ0n) is 18.9. The van der Waals surface area contributed by atoms with Crippen LogP contribution < -0.4 is 10.6 Å². The van der Waals surface area contributed by atoms with Gasteiger partial charge in [-0.2, -0.15) is 0 Å². The molecule has 3 aromatic rings. The Kier molecular flexibility index (Phi) is 8.67. The largest absolute Gasteiger partial charge is 0.459 e. The summed E-state index contributed by atoms with van der Waals surface area (Å²) in [5, 5.41) is 14.4. The number of thioether (sulfide) groups is 1. The van der Waals surface area contributed by atoms with Crippen molar-refractivity contribution < 1.29 is 19.1 Å². The number of hydrogen-bond acceptors (Lipinski definition) is 7. The number of anilines is 2. The molecule has 0 aliphatic heterocycles. The number of nitrogens with one attached hydrogen (secondary N) is 2. The van der Waals surface area contributed by atoms with Crippen LogP contribution in [0.2, 0.25) is 5.02 Å². The van der Waals surface area contributed by atoms with E-state index in [1.165, 1.54) is 18.2 Å². The molecule has 1 aromatic heterocycles. The van der Waals surface area contributed by atoms with E-state index in [9.17, 15) is 14.4 Å². The molecule has 0 radical (unpaired) electrons. The SMILES string of the molecule is CC(C)OC(=O)c1ccc(Cl)c(NC(=O)CSc2nnc(CC(=O)Nc3ccccc3)n2C)c1. The van der Waals surface area contributed by atoms with Gasteiger partial charge in [0, 0.05) is 12.7 Å². The van der Waals surface area contributed by atoms with Crippen LogP contribution in [-0.4, -0.2) is 44.4 Å². The summed E-state index contributed by atoms with van der Waals surface area (Å²) in [5.74, 6) is -0.566. The van der Waals surface area contributed by atoms with E-state index in [1.54, 1.807) is 37.6 Å². The van der Waals surface area contributed by atoms with Crippen LogP contribution in [0.5, 0.6) is 0 Å². The van der Waals surface area contributed by atoms with Crippen molar-refractivity contribution in [1.82, 2.24) is 14.8 Å². The van der Waals surface area contributed by atoms with E-state index in [4.69, 9.17) is 16.3 Å². The van der Waals surface area contributed by atoms with Crippen LogP contribution in [0.15, 0.2) is 53.7 Å². The zero-order valence-corrected chi connectivity index (χ0v) is 20.4. The molecule has 0 aliphatic rings. The first-order chi connectivity index (χ1) is 16.2. The van der Waals surface area contributed by atoms with Crippen LogP contribution in [0, 0.1) is 0 Å². The molecule has 1 heterocycles. The molecule has 34 heavy (non-hydrogen) atoms. The van der Waals surface area contributed by atoms with Crippen LogP contribution in [0.3, 0.4) is 0 Å². The number of nitrogens with zero attached hydrogens (tertiary/aromatic N) is 3. The van der Waals surface area contributed by atoms with Crippen molar-refractivity contribution in [3.8, 4) is 0 Å². The first kappa shape index (κ1) is 25.3. The number of esters is 1. The van der Waals surface area contributed by atoms with Crippen LogP contribution >= 0.6 is 23.4 Å². The minimum absolute atomic E-state index is 0.0270. The van der Waals surface area contributed by atoms with Gasteiger partial charge in [0.2, 0.25) is 11.8 Å². The summed E-state index contributed by atoms with van der Waals surface area (Å²) in [6.07, 6.45) is -0.224. The fraction of sp³-hybridized carbons (Fsp3) is 0.261. The highest BCUT2D eigenvalue weighted by Crippen LogP contribution is 2.25. The molecular formula is C23H24ClN5O4S. The van der Waals surface area contributed by atoms with Crippen molar-refractivity contribution in [2.24, 2.45) is 7.05 Å². The molecule has 3 rings (SSSR count). The number of carbonyl (C=O) groups is 3. The average molecular weight is 502 g/mol. The third-order valence-electron chi connectivity index (χ3n) is 4.45. The van der Waals surface area contributed by atoms with Crippen molar-refractivity contribution in [1.29, 1.82) is 0 Å². The van der Waals surface area contributed by atoms with E-state index in [2.05, 4.69) is 20.8 Å². The topological polar surface area (TPSA) is 115 Å². The summed E-state index contributed by atoms with van der Waals surface area (Å²) >= 11 is 7.33. The average Bonchev–Trinajstić information content (AvgIpc) is 3.13. The van der Waals surface area contributed by atoms with Gasteiger partial charge in [-0.25, -0.2) is 4.79 Å². The number of para-hydroxylation sites is 1. The van der Waals surface area contributed by atoms with Gasteiger partial charge in [0.15, 0.2) is 5.16 Å². The number of aromatic nitrogens is 3. The van der Waals surface area contributed by atoms with Crippen molar-refractivity contribution in [2.45, 2.75) is 31.5 Å². The lowest BCUT2D eigenvalue weighted by atomic mass is 10.2. The minimum Gasteiger partial charge on any atom is -0.459 e. The van der Waals surface area contributed by atoms with E-state index in [-0.39, 0.29) is 35.7 Å². The number of ether oxygens (including phenoxy) is 1. The first-order valence-corrected chi connectivity index (χ1v) is 11.8. The van der Waals surface area contributed by atoms with E-state index < -0.39 is 5.97 Å². The molecule has 2 amide bonds. The molecule has 0 unspecified atom stereocenters. The van der Waals surface area contributed by atoms with Crippen molar-refractivity contribution in [3.05, 3.63) is 64.9 Å². The predicted octanol–water partition coefficient (Wildman–Crippen LogP) is 3.95. The number of rotatable bonds is 9. The highest BCUT2D eigenvalue weighted by Gasteiger charge is 2.16. The van der Waals surface area contributed by atoms with Crippen molar-refractivity contribution >= 4 is 52.5 Å². The molecule has 11 heteroatoms. The van der Waals surface area contributed by atoms with Gasteiger partial charge >= 0.3 is 5.97 Å². The van der Waals surface area contributed by atoms with Gasteiger partial charge in [-0.3, -0.25) is 9.59 Å². The number of carbonyl (C=O) groups excluding carboxylic acids is 3. The maximum atomic E-state index is 12.5. The van der Waals surface area contributed by atoms with Crippen LogP contribution in [0.25, 0.3) is 0 Å². The second-order valence-corrected chi connectivity index (χ2v) is 8.88. The van der Waals surface area contributed by atoms with Gasteiger partial charge in [-0.05, 0) is 44.2 Å². The Morgan fingerprint density at radius 1 is 1.06 bits per heavy atom. The molecule has 2 aromatic carbocycles. The van der Waals surface area contributed by atoms with Crippen LogP contribution in [0.1, 0.15) is 30.0 Å². The van der Waals surface area contributed by atoms with E-state index in [0.717, 1.165) is 11.8 Å². The Balaban J connectivity index is 1.56. The lowest BCUT2D eigenvalue weighted by Gasteiger charge is -2.11. The predicted molar refractivity (Wildman–Crippen MR) is 131 cm³/mol. The molecule has 0 atom stereocenters. The Labute approximate surface area is 206 Å². The lowest BCUT2D eigenvalue weighted by Crippen LogP contribution is -2.17. The molecular weight excluding hydrogens is 478 g/mol. The fourth-order valence-corrected chi connectivity index (χ4v) is 3.74. The maximum Gasteiger partial charge on any atom is 0.338 e. The molecule has 0 saturated carbocycles. The third kappa shape index (κ3) is 7.06. The minimum atomic E-state index is -0.501. The molecule has 0 saturated heterocycles. The normalized spacial score (nSPS) is 10.7. The standard InChI is InChI=1S/C23H24ClN5O4S/c1-14(2)33-22(32)15-9-10-17(24)18(11-15)26-21(31)13-34-23-28-27-19(29(23)3)12-20(30)25-16-7-5-4-6-8-16/h4-11,14H,12-13H2,1-3H3,(H,25,30)(H,26,31). The first-order valence-electron chi connectivity index (χ1n) is 10.4. The van der Waals surface area contributed by atoms with E-state index in [1.807, 2.05) is 18.2 Å². The summed E-state index contributed by atoms with van der Waals surface area (Å²) in [6, 6.07) is 13.7. The highest BCUT2D eigenvalue weighted by atomic mass is 35.5. The monoisotopic (exact) mass is 501 g/mol. The van der Waals surface area contributed by atoms with Crippen molar-refractivity contribution in [3.63, 3.8) is 0 Å². The van der Waals surface area contributed by atoms with Gasteiger partial charge in [0.1, 0.15) is 5.82 Å². The molecule has 0 aliphatic carbocycles. The second kappa shape index (κ2) is 11.7. The van der Waals surface area contributed by atoms with Gasteiger partial charge in [0.05, 0.1) is 34.6 Å². The second-order valence-electron chi connectivity index (χ2n) is 7.53. The molecule has 0 bridgehead atoms. The summed E-state index contributed by atoms with van der Waals surface area (Å²) < 4.78 is 6.84. The van der Waals surface area contributed by atoms with Gasteiger partial charge in [0.25, 0.3) is 0 Å². The maximum absolute atomic E-state index is 12.5. The lowest BCUT2D eigenvalue weighted by molar-refractivity contribution is -0.116. The number of amides is 2. The van der Waals surface area contributed by atoms with Crippen LogP contribution in [-0.2, 0) is 27.8 Å². The van der Waals surface area contributed by atoms with Gasteiger partial charge in [-0.15, -0.1) is 10.2 Å². The Morgan fingerprint density at radius 3 is 2.50 bits per heavy atom. The van der Waals surface area contributed by atoms with Gasteiger partial charge < -0.3 is 19.9 Å². The Hall–Kier alpha value is -3.37. The number of benzene rings is 2. The zero-order chi connectivity index (χ0) is 24.7. The summed E-state index contributed by atoms with van der Waals surface area (Å²) in [7, 11) is 1.73. The molecule has 9 nitrogen and oxygen atoms in total. The Morgan fingerprint density at radius 2 is 1.79 bits per heavy atom. The van der Waals surface area contributed by atoms with Crippen LogP contribution in [0.4, 0.5) is 11.4 Å². The van der Waals surface area contributed by atoms with Crippen molar-refractivity contribution in [2.75, 3.05) is 16.4 Å². The number of halogens is 1. The smallest absolute Gasteiger partial charge is 0.338 e. The molecule has 0 spiro atoms. The highest BCUT2D eigenvalue weighted by molar-refractivity contribution is 7.99. The summed E-state index contributed by atoms with van der Waals surface area (Å²) in [5.41, 5.74) is 1.29. The summed E-state index contributed by atoms with van der Waals surface area (Å²) in [4.78, 5) is 36.8. The number of hydrogen-bond donors (Lipinski definition) is 2. The molecule has 2 N–H and O–H groups in total. The fourth-order valence-electron chi connectivity index (χ4n) is 2.84. The molecule has 0 fully saturated rings.